The van der Waals surface area contributed by atoms with Gasteiger partial charge in [0.2, 0.25) is 0 Å². The number of hydrogen-bond donors (Lipinski definition) is 1. The number of ether oxygens (including phenoxy) is 2. The van der Waals surface area contributed by atoms with E-state index in [-0.39, 0.29) is 6.61 Å². The van der Waals surface area contributed by atoms with Gasteiger partial charge in [0.05, 0.1) is 26.0 Å². The molecule has 1 heterocycles. The van der Waals surface area contributed by atoms with Crippen molar-refractivity contribution >= 4 is 0 Å². The maximum absolute atomic E-state index is 9.32. The molecular weight excluding hydrogens is 282 g/mol. The van der Waals surface area contributed by atoms with E-state index in [1.165, 1.54) is 0 Å². The SMILES string of the molecule is CCCn1nnc(CO)c1CCCOc1ccc(OC)cc1. The second kappa shape index (κ2) is 8.38. The molecule has 1 aromatic heterocycles. The zero-order valence-electron chi connectivity index (χ0n) is 13.2. The minimum atomic E-state index is -0.0710. The molecule has 2 aromatic rings. The summed E-state index contributed by atoms with van der Waals surface area (Å²) in [6, 6.07) is 7.53. The normalized spacial score (nSPS) is 10.7. The van der Waals surface area contributed by atoms with Crippen molar-refractivity contribution in [3.8, 4) is 11.5 Å². The number of benzene rings is 1. The minimum absolute atomic E-state index is 0.0710. The summed E-state index contributed by atoms with van der Waals surface area (Å²) in [5.41, 5.74) is 1.67. The molecule has 22 heavy (non-hydrogen) atoms. The lowest BCUT2D eigenvalue weighted by Gasteiger charge is -2.09. The van der Waals surface area contributed by atoms with Crippen molar-refractivity contribution in [2.45, 2.75) is 39.3 Å². The second-order valence-corrected chi connectivity index (χ2v) is 4.99. The van der Waals surface area contributed by atoms with Crippen molar-refractivity contribution in [3.05, 3.63) is 35.7 Å². The molecule has 1 N–H and O–H groups in total. The van der Waals surface area contributed by atoms with Crippen molar-refractivity contribution in [1.29, 1.82) is 0 Å². The highest BCUT2D eigenvalue weighted by Crippen LogP contribution is 2.17. The first kappa shape index (κ1) is 16.3. The Kier molecular flexibility index (Phi) is 6.21. The van der Waals surface area contributed by atoms with Crippen LogP contribution in [0.3, 0.4) is 0 Å². The summed E-state index contributed by atoms with van der Waals surface area (Å²) in [6.07, 6.45) is 2.62. The Morgan fingerprint density at radius 3 is 2.55 bits per heavy atom. The lowest BCUT2D eigenvalue weighted by Crippen LogP contribution is -2.08. The standard InChI is InChI=1S/C16H23N3O3/c1-3-10-19-16(15(12-20)17-18-19)5-4-11-22-14-8-6-13(21-2)7-9-14/h6-9,20H,3-5,10-12H2,1-2H3. The fourth-order valence-electron chi connectivity index (χ4n) is 2.26. The van der Waals surface area contributed by atoms with Gasteiger partial charge in [-0.3, -0.25) is 0 Å². The Hall–Kier alpha value is -2.08. The first-order valence-electron chi connectivity index (χ1n) is 7.57. The van der Waals surface area contributed by atoms with E-state index in [2.05, 4.69) is 17.2 Å². The van der Waals surface area contributed by atoms with Gasteiger partial charge in [0, 0.05) is 6.54 Å². The molecule has 6 nitrogen and oxygen atoms in total. The molecule has 0 saturated heterocycles. The smallest absolute Gasteiger partial charge is 0.119 e. The summed E-state index contributed by atoms with van der Waals surface area (Å²) >= 11 is 0. The summed E-state index contributed by atoms with van der Waals surface area (Å²) < 4.78 is 12.7. The third-order valence-corrected chi connectivity index (χ3v) is 3.39. The molecule has 2 rings (SSSR count). The van der Waals surface area contributed by atoms with Gasteiger partial charge >= 0.3 is 0 Å². The van der Waals surface area contributed by atoms with E-state index in [1.807, 2.05) is 28.9 Å². The minimum Gasteiger partial charge on any atom is -0.497 e. The van der Waals surface area contributed by atoms with Gasteiger partial charge in [-0.2, -0.15) is 0 Å². The number of aromatic nitrogens is 3. The van der Waals surface area contributed by atoms with Crippen LogP contribution in [0.4, 0.5) is 0 Å². The molecular formula is C16H23N3O3. The number of aliphatic hydroxyl groups is 1. The van der Waals surface area contributed by atoms with Crippen LogP contribution in [0.2, 0.25) is 0 Å². The van der Waals surface area contributed by atoms with Crippen molar-refractivity contribution in [2.24, 2.45) is 0 Å². The van der Waals surface area contributed by atoms with E-state index in [0.717, 1.165) is 43.0 Å². The molecule has 0 atom stereocenters. The Balaban J connectivity index is 1.84. The van der Waals surface area contributed by atoms with Gasteiger partial charge in [-0.15, -0.1) is 5.10 Å². The molecule has 1 aromatic carbocycles. The first-order chi connectivity index (χ1) is 10.8. The van der Waals surface area contributed by atoms with Crippen LogP contribution in [0.1, 0.15) is 31.2 Å². The van der Waals surface area contributed by atoms with Crippen LogP contribution in [-0.2, 0) is 19.6 Å². The highest BCUT2D eigenvalue weighted by Gasteiger charge is 2.11. The van der Waals surface area contributed by atoms with Crippen molar-refractivity contribution in [1.82, 2.24) is 15.0 Å². The number of aliphatic hydroxyl groups excluding tert-OH is 1. The number of aryl methyl sites for hydroxylation is 1. The van der Waals surface area contributed by atoms with Crippen molar-refractivity contribution in [2.75, 3.05) is 13.7 Å². The van der Waals surface area contributed by atoms with Crippen LogP contribution in [-0.4, -0.2) is 33.8 Å². The van der Waals surface area contributed by atoms with Crippen LogP contribution in [0.25, 0.3) is 0 Å². The van der Waals surface area contributed by atoms with E-state index in [9.17, 15) is 5.11 Å². The molecule has 0 radical (unpaired) electrons. The number of nitrogens with zero attached hydrogens (tertiary/aromatic N) is 3. The Morgan fingerprint density at radius 1 is 1.18 bits per heavy atom. The fraction of sp³-hybridized carbons (Fsp3) is 0.500. The molecule has 0 bridgehead atoms. The number of rotatable bonds is 9. The Bertz CT molecular complexity index is 567. The predicted octanol–water partition coefficient (Wildman–Crippen LogP) is 2.20. The average molecular weight is 305 g/mol. The topological polar surface area (TPSA) is 69.4 Å². The number of hydrogen-bond acceptors (Lipinski definition) is 5. The van der Waals surface area contributed by atoms with Gasteiger partial charge < -0.3 is 14.6 Å². The lowest BCUT2D eigenvalue weighted by atomic mass is 10.2. The highest BCUT2D eigenvalue weighted by molar-refractivity contribution is 5.31. The molecule has 0 spiro atoms. The monoisotopic (exact) mass is 305 g/mol. The van der Waals surface area contributed by atoms with E-state index < -0.39 is 0 Å². The first-order valence-corrected chi connectivity index (χ1v) is 7.57. The third-order valence-electron chi connectivity index (χ3n) is 3.39. The second-order valence-electron chi connectivity index (χ2n) is 4.99. The summed E-state index contributed by atoms with van der Waals surface area (Å²) in [4.78, 5) is 0. The Labute approximate surface area is 130 Å². The van der Waals surface area contributed by atoms with Crippen LogP contribution < -0.4 is 9.47 Å². The third kappa shape index (κ3) is 4.21. The predicted molar refractivity (Wildman–Crippen MR) is 83.0 cm³/mol. The fourth-order valence-corrected chi connectivity index (χ4v) is 2.26. The molecule has 6 heteroatoms. The maximum atomic E-state index is 9.32. The molecule has 0 fully saturated rings. The van der Waals surface area contributed by atoms with Gasteiger partial charge in [0.1, 0.15) is 17.2 Å². The maximum Gasteiger partial charge on any atom is 0.119 e. The van der Waals surface area contributed by atoms with E-state index in [4.69, 9.17) is 9.47 Å². The summed E-state index contributed by atoms with van der Waals surface area (Å²) in [5.74, 6) is 1.64. The van der Waals surface area contributed by atoms with Gasteiger partial charge in [0.15, 0.2) is 0 Å². The molecule has 0 amide bonds. The molecule has 0 unspecified atom stereocenters. The zero-order valence-corrected chi connectivity index (χ0v) is 13.2. The van der Waals surface area contributed by atoms with Gasteiger partial charge in [-0.1, -0.05) is 12.1 Å². The molecule has 0 aliphatic heterocycles. The largest absolute Gasteiger partial charge is 0.497 e. The zero-order chi connectivity index (χ0) is 15.8. The highest BCUT2D eigenvalue weighted by atomic mass is 16.5. The van der Waals surface area contributed by atoms with Crippen LogP contribution in [0, 0.1) is 0 Å². The van der Waals surface area contributed by atoms with Gasteiger partial charge in [-0.05, 0) is 43.5 Å². The van der Waals surface area contributed by atoms with E-state index >= 15 is 0 Å². The summed E-state index contributed by atoms with van der Waals surface area (Å²) in [6.45, 7) is 3.45. The van der Waals surface area contributed by atoms with E-state index in [0.29, 0.717) is 12.3 Å². The Morgan fingerprint density at radius 2 is 1.91 bits per heavy atom. The van der Waals surface area contributed by atoms with Crippen molar-refractivity contribution < 1.29 is 14.6 Å². The molecule has 0 saturated carbocycles. The average Bonchev–Trinajstić information content (AvgIpc) is 2.94. The number of methoxy groups -OCH3 is 1. The quantitative estimate of drug-likeness (QED) is 0.719. The molecule has 120 valence electrons. The molecule has 0 aliphatic carbocycles. The summed E-state index contributed by atoms with van der Waals surface area (Å²) in [5, 5.41) is 17.4. The van der Waals surface area contributed by atoms with Gasteiger partial charge in [0.25, 0.3) is 0 Å². The van der Waals surface area contributed by atoms with E-state index in [1.54, 1.807) is 7.11 Å². The van der Waals surface area contributed by atoms with Gasteiger partial charge in [-0.25, -0.2) is 4.68 Å². The van der Waals surface area contributed by atoms with Crippen LogP contribution >= 0.6 is 0 Å². The van der Waals surface area contributed by atoms with Crippen LogP contribution in [0.5, 0.6) is 11.5 Å². The van der Waals surface area contributed by atoms with Crippen LogP contribution in [0.15, 0.2) is 24.3 Å². The lowest BCUT2D eigenvalue weighted by molar-refractivity contribution is 0.274. The molecule has 0 aliphatic rings. The van der Waals surface area contributed by atoms with Crippen molar-refractivity contribution in [3.63, 3.8) is 0 Å². The summed E-state index contributed by atoms with van der Waals surface area (Å²) in [7, 11) is 1.64.